The highest BCUT2D eigenvalue weighted by Crippen LogP contribution is 2.35. The van der Waals surface area contributed by atoms with E-state index in [0.717, 1.165) is 5.56 Å². The van der Waals surface area contributed by atoms with E-state index in [1.54, 1.807) is 35.1 Å². The molecule has 0 aliphatic carbocycles. The van der Waals surface area contributed by atoms with Gasteiger partial charge in [-0.2, -0.15) is 0 Å². The second-order valence-electron chi connectivity index (χ2n) is 5.50. The largest absolute Gasteiger partial charge is 0.394 e. The van der Waals surface area contributed by atoms with Crippen molar-refractivity contribution >= 4 is 46.1 Å². The van der Waals surface area contributed by atoms with E-state index in [0.29, 0.717) is 22.0 Å². The zero-order valence-electron chi connectivity index (χ0n) is 13.8. The lowest BCUT2D eigenvalue weighted by Crippen LogP contribution is -2.26. The number of halogens is 2. The standard InChI is InChI=1S/C17H16Cl2N4O3/c1-10-2-3-13(12(18)8-10)21-15-11(17(25)22-26-7-6-24)9-23-5-4-20-16(23)14(15)19/h2-5,8-9,21,24H,6-7H2,1H3,(H,22,25). The van der Waals surface area contributed by atoms with E-state index in [4.69, 9.17) is 33.1 Å². The van der Waals surface area contributed by atoms with Gasteiger partial charge in [-0.05, 0) is 24.6 Å². The Balaban J connectivity index is 2.04. The second-order valence-corrected chi connectivity index (χ2v) is 6.29. The molecule has 0 radical (unpaired) electrons. The SMILES string of the molecule is Cc1ccc(Nc2c(C(=O)NOCCO)cn3ccnc3c2Cl)c(Cl)c1. The molecule has 0 saturated carbocycles. The van der Waals surface area contributed by atoms with Gasteiger partial charge in [0.05, 0.1) is 35.2 Å². The first kappa shape index (κ1) is 18.5. The van der Waals surface area contributed by atoms with Gasteiger partial charge < -0.3 is 14.8 Å². The van der Waals surface area contributed by atoms with Crippen molar-refractivity contribution in [1.82, 2.24) is 14.9 Å². The molecular weight excluding hydrogens is 379 g/mol. The van der Waals surface area contributed by atoms with Gasteiger partial charge >= 0.3 is 0 Å². The van der Waals surface area contributed by atoms with E-state index in [1.165, 1.54) is 0 Å². The molecular formula is C17H16Cl2N4O3. The number of hydrogen-bond donors (Lipinski definition) is 3. The molecule has 0 saturated heterocycles. The van der Waals surface area contributed by atoms with Crippen LogP contribution in [0.1, 0.15) is 15.9 Å². The second kappa shape index (κ2) is 7.92. The first-order valence-corrected chi connectivity index (χ1v) is 8.48. The van der Waals surface area contributed by atoms with E-state index in [2.05, 4.69) is 15.8 Å². The molecule has 9 heteroatoms. The van der Waals surface area contributed by atoms with Crippen LogP contribution in [0.25, 0.3) is 5.65 Å². The van der Waals surface area contributed by atoms with Crippen LogP contribution in [-0.2, 0) is 4.84 Å². The maximum atomic E-state index is 12.5. The molecule has 3 rings (SSSR count). The van der Waals surface area contributed by atoms with Crippen LogP contribution < -0.4 is 10.8 Å². The van der Waals surface area contributed by atoms with Crippen LogP contribution in [0.2, 0.25) is 10.0 Å². The lowest BCUT2D eigenvalue weighted by Gasteiger charge is -2.16. The van der Waals surface area contributed by atoms with E-state index < -0.39 is 5.91 Å². The average molecular weight is 395 g/mol. The molecule has 3 aromatic rings. The number of carbonyl (C=O) groups is 1. The summed E-state index contributed by atoms with van der Waals surface area (Å²) < 4.78 is 1.63. The van der Waals surface area contributed by atoms with Gasteiger partial charge in [-0.25, -0.2) is 10.5 Å². The summed E-state index contributed by atoms with van der Waals surface area (Å²) >= 11 is 12.8. The number of hydrogen-bond acceptors (Lipinski definition) is 5. The van der Waals surface area contributed by atoms with Gasteiger partial charge in [-0.1, -0.05) is 29.3 Å². The van der Waals surface area contributed by atoms with Gasteiger partial charge in [0.15, 0.2) is 5.65 Å². The fourth-order valence-corrected chi connectivity index (χ4v) is 2.97. The Kier molecular flexibility index (Phi) is 5.63. The molecule has 0 bridgehead atoms. The highest BCUT2D eigenvalue weighted by molar-refractivity contribution is 6.37. The third-order valence-electron chi connectivity index (χ3n) is 3.61. The van der Waals surface area contributed by atoms with Crippen molar-refractivity contribution in [3.05, 3.63) is 58.0 Å². The number of imidazole rings is 1. The number of aliphatic hydroxyl groups is 1. The third-order valence-corrected chi connectivity index (χ3v) is 4.28. The summed E-state index contributed by atoms with van der Waals surface area (Å²) in [4.78, 5) is 21.6. The minimum Gasteiger partial charge on any atom is -0.394 e. The number of aryl methyl sites for hydroxylation is 1. The number of aromatic nitrogens is 2. The lowest BCUT2D eigenvalue weighted by molar-refractivity contribution is 0.0168. The highest BCUT2D eigenvalue weighted by Gasteiger charge is 2.20. The van der Waals surface area contributed by atoms with Crippen LogP contribution in [0.3, 0.4) is 0 Å². The Labute approximate surface area is 159 Å². The van der Waals surface area contributed by atoms with Crippen LogP contribution in [0.15, 0.2) is 36.8 Å². The summed E-state index contributed by atoms with van der Waals surface area (Å²) in [5, 5.41) is 12.6. The van der Waals surface area contributed by atoms with Crippen molar-refractivity contribution in [3.63, 3.8) is 0 Å². The number of amides is 1. The smallest absolute Gasteiger partial charge is 0.278 e. The molecule has 2 aromatic heterocycles. The number of rotatable bonds is 6. The molecule has 1 aromatic carbocycles. The predicted octanol–water partition coefficient (Wildman–Crippen LogP) is 3.35. The van der Waals surface area contributed by atoms with Gasteiger partial charge in [0.2, 0.25) is 0 Å². The molecule has 0 unspecified atom stereocenters. The topological polar surface area (TPSA) is 87.9 Å². The highest BCUT2D eigenvalue weighted by atomic mass is 35.5. The fourth-order valence-electron chi connectivity index (χ4n) is 2.39. The summed E-state index contributed by atoms with van der Waals surface area (Å²) in [7, 11) is 0. The summed E-state index contributed by atoms with van der Waals surface area (Å²) in [5.41, 5.74) is 4.94. The summed E-state index contributed by atoms with van der Waals surface area (Å²) in [6, 6.07) is 5.49. The molecule has 3 N–H and O–H groups in total. The zero-order chi connectivity index (χ0) is 18.7. The molecule has 7 nitrogen and oxygen atoms in total. The van der Waals surface area contributed by atoms with Gasteiger partial charge in [0.1, 0.15) is 5.02 Å². The maximum Gasteiger partial charge on any atom is 0.278 e. The number of carbonyl (C=O) groups excluding carboxylic acids is 1. The Morgan fingerprint density at radius 3 is 2.92 bits per heavy atom. The normalized spacial score (nSPS) is 10.9. The van der Waals surface area contributed by atoms with Crippen molar-refractivity contribution < 1.29 is 14.7 Å². The average Bonchev–Trinajstić information content (AvgIpc) is 3.08. The van der Waals surface area contributed by atoms with Crippen LogP contribution in [0.5, 0.6) is 0 Å². The predicted molar refractivity (Wildman–Crippen MR) is 100 cm³/mol. The van der Waals surface area contributed by atoms with Crippen molar-refractivity contribution in [1.29, 1.82) is 0 Å². The van der Waals surface area contributed by atoms with Gasteiger partial charge in [0, 0.05) is 18.6 Å². The van der Waals surface area contributed by atoms with Crippen molar-refractivity contribution in [2.45, 2.75) is 6.92 Å². The van der Waals surface area contributed by atoms with E-state index in [-0.39, 0.29) is 23.8 Å². The lowest BCUT2D eigenvalue weighted by atomic mass is 10.2. The minimum atomic E-state index is -0.526. The number of benzene rings is 1. The zero-order valence-corrected chi connectivity index (χ0v) is 15.3. The molecule has 0 atom stereocenters. The number of pyridine rings is 1. The Hall–Kier alpha value is -2.32. The molecule has 0 fully saturated rings. The number of nitrogens with zero attached hydrogens (tertiary/aromatic N) is 2. The first-order valence-electron chi connectivity index (χ1n) is 7.72. The summed E-state index contributed by atoms with van der Waals surface area (Å²) in [6.07, 6.45) is 4.83. The summed E-state index contributed by atoms with van der Waals surface area (Å²) in [5.74, 6) is -0.526. The summed E-state index contributed by atoms with van der Waals surface area (Å²) in [6.45, 7) is 1.68. The Bertz CT molecular complexity index is 959. The Morgan fingerprint density at radius 1 is 1.38 bits per heavy atom. The van der Waals surface area contributed by atoms with Crippen molar-refractivity contribution in [2.24, 2.45) is 0 Å². The molecule has 0 spiro atoms. The van der Waals surface area contributed by atoms with Crippen LogP contribution in [0, 0.1) is 6.92 Å². The molecule has 0 aliphatic heterocycles. The molecule has 0 aliphatic rings. The number of hydroxylamine groups is 1. The fraction of sp³-hybridized carbons (Fsp3) is 0.176. The van der Waals surface area contributed by atoms with Crippen molar-refractivity contribution in [2.75, 3.05) is 18.5 Å². The molecule has 26 heavy (non-hydrogen) atoms. The van der Waals surface area contributed by atoms with Crippen LogP contribution in [0.4, 0.5) is 11.4 Å². The number of nitrogens with one attached hydrogen (secondary N) is 2. The van der Waals surface area contributed by atoms with Crippen LogP contribution in [-0.4, -0.2) is 33.6 Å². The minimum absolute atomic E-state index is 0.0284. The number of aliphatic hydroxyl groups excluding tert-OH is 1. The van der Waals surface area contributed by atoms with Gasteiger partial charge in [0.25, 0.3) is 5.91 Å². The van der Waals surface area contributed by atoms with E-state index >= 15 is 0 Å². The molecule has 2 heterocycles. The first-order chi connectivity index (χ1) is 12.5. The third kappa shape index (κ3) is 3.76. The molecule has 1 amide bonds. The quantitative estimate of drug-likeness (QED) is 0.440. The van der Waals surface area contributed by atoms with Gasteiger partial charge in [-0.15, -0.1) is 0 Å². The number of fused-ring (bicyclic) bond motifs is 1. The molecule has 136 valence electrons. The number of anilines is 2. The van der Waals surface area contributed by atoms with E-state index in [9.17, 15) is 4.79 Å². The van der Waals surface area contributed by atoms with Crippen LogP contribution >= 0.6 is 23.2 Å². The van der Waals surface area contributed by atoms with E-state index in [1.807, 2.05) is 13.0 Å². The monoisotopic (exact) mass is 394 g/mol. The maximum absolute atomic E-state index is 12.5. The van der Waals surface area contributed by atoms with Crippen molar-refractivity contribution in [3.8, 4) is 0 Å². The Morgan fingerprint density at radius 2 is 2.19 bits per heavy atom. The van der Waals surface area contributed by atoms with Gasteiger partial charge in [-0.3, -0.25) is 9.63 Å².